The first-order valence-electron chi connectivity index (χ1n) is 7.12. The minimum atomic E-state index is -0.206. The van der Waals surface area contributed by atoms with Gasteiger partial charge in [-0.2, -0.15) is 0 Å². The lowest BCUT2D eigenvalue weighted by atomic mass is 10.3. The Morgan fingerprint density at radius 2 is 1.70 bits per heavy atom. The van der Waals surface area contributed by atoms with Gasteiger partial charge in [0.2, 0.25) is 0 Å². The van der Waals surface area contributed by atoms with E-state index in [-0.39, 0.29) is 12.1 Å². The van der Waals surface area contributed by atoms with Gasteiger partial charge in [0.15, 0.2) is 0 Å². The molecule has 0 spiro atoms. The van der Waals surface area contributed by atoms with E-state index in [9.17, 15) is 4.79 Å². The molecule has 0 aromatic rings. The second-order valence-electron chi connectivity index (χ2n) is 4.25. The molecule has 6 nitrogen and oxygen atoms in total. The van der Waals surface area contributed by atoms with Gasteiger partial charge in [0.1, 0.15) is 0 Å². The topological polar surface area (TPSA) is 63.2 Å². The van der Waals surface area contributed by atoms with E-state index in [1.54, 1.807) is 0 Å². The highest BCUT2D eigenvalue weighted by Gasteiger charge is 2.03. The summed E-state index contributed by atoms with van der Waals surface area (Å²) in [6, 6.07) is 0. The molecule has 0 amide bonds. The van der Waals surface area contributed by atoms with Crippen LogP contribution >= 0.6 is 0 Å². The van der Waals surface area contributed by atoms with Crippen LogP contribution in [0.4, 0.5) is 0 Å². The summed E-state index contributed by atoms with van der Waals surface area (Å²) in [6.07, 6.45) is 1.10. The van der Waals surface area contributed by atoms with E-state index in [2.05, 4.69) is 4.74 Å². The zero-order valence-corrected chi connectivity index (χ0v) is 12.9. The predicted molar refractivity (Wildman–Crippen MR) is 74.8 cm³/mol. The van der Waals surface area contributed by atoms with Crippen LogP contribution in [0.5, 0.6) is 0 Å². The second-order valence-corrected chi connectivity index (χ2v) is 4.25. The summed E-state index contributed by atoms with van der Waals surface area (Å²) in [4.78, 5) is 10.8. The van der Waals surface area contributed by atoms with Gasteiger partial charge >= 0.3 is 5.97 Å². The van der Waals surface area contributed by atoms with Gasteiger partial charge in [-0.05, 0) is 20.3 Å². The van der Waals surface area contributed by atoms with Crippen LogP contribution in [0, 0.1) is 0 Å². The van der Waals surface area contributed by atoms with Gasteiger partial charge in [0.25, 0.3) is 0 Å². The molecule has 20 heavy (non-hydrogen) atoms. The van der Waals surface area contributed by atoms with Crippen molar-refractivity contribution in [1.29, 1.82) is 0 Å². The Hall–Kier alpha value is -0.690. The molecular formula is C14H28O6. The quantitative estimate of drug-likeness (QED) is 0.356. The fourth-order valence-corrected chi connectivity index (χ4v) is 1.39. The minimum absolute atomic E-state index is 0.0373. The van der Waals surface area contributed by atoms with Gasteiger partial charge in [-0.25, -0.2) is 0 Å². The second kappa shape index (κ2) is 14.7. The molecule has 6 heteroatoms. The molecule has 0 aromatic carbocycles. The maximum Gasteiger partial charge on any atom is 0.305 e. The first kappa shape index (κ1) is 19.3. The number of rotatable bonds is 14. The molecule has 0 radical (unpaired) electrons. The Labute approximate surface area is 121 Å². The summed E-state index contributed by atoms with van der Waals surface area (Å²) in [6.45, 7) is 7.96. The third kappa shape index (κ3) is 13.7. The molecule has 0 aliphatic heterocycles. The molecule has 0 fully saturated rings. The van der Waals surface area contributed by atoms with E-state index < -0.39 is 0 Å². The molecular weight excluding hydrogens is 264 g/mol. The molecule has 1 atom stereocenters. The first-order chi connectivity index (χ1) is 9.70. The summed E-state index contributed by atoms with van der Waals surface area (Å²) in [5.41, 5.74) is 0. The molecule has 1 unspecified atom stereocenters. The molecule has 0 aromatic heterocycles. The van der Waals surface area contributed by atoms with Crippen LogP contribution in [-0.2, 0) is 28.5 Å². The Balaban J connectivity index is 3.18. The smallest absolute Gasteiger partial charge is 0.305 e. The van der Waals surface area contributed by atoms with Gasteiger partial charge < -0.3 is 23.7 Å². The lowest BCUT2D eigenvalue weighted by Crippen LogP contribution is -2.20. The Bertz CT molecular complexity index is 222. The average Bonchev–Trinajstić information content (AvgIpc) is 2.45. The number of methoxy groups -OCH3 is 1. The summed E-state index contributed by atoms with van der Waals surface area (Å²) in [5, 5.41) is 0. The molecule has 0 bridgehead atoms. The maximum atomic E-state index is 10.8. The molecule has 0 heterocycles. The summed E-state index contributed by atoms with van der Waals surface area (Å²) >= 11 is 0. The normalized spacial score (nSPS) is 12.3. The van der Waals surface area contributed by atoms with Crippen molar-refractivity contribution in [3.8, 4) is 0 Å². The van der Waals surface area contributed by atoms with Crippen molar-refractivity contribution in [2.24, 2.45) is 0 Å². The van der Waals surface area contributed by atoms with Crippen molar-refractivity contribution < 1.29 is 28.5 Å². The number of esters is 1. The van der Waals surface area contributed by atoms with Gasteiger partial charge in [-0.3, -0.25) is 4.79 Å². The summed E-state index contributed by atoms with van der Waals surface area (Å²) in [7, 11) is 1.38. The van der Waals surface area contributed by atoms with E-state index in [0.29, 0.717) is 59.1 Å². The summed E-state index contributed by atoms with van der Waals surface area (Å²) in [5.74, 6) is -0.206. The fraction of sp³-hybridized carbons (Fsp3) is 0.929. The van der Waals surface area contributed by atoms with Crippen molar-refractivity contribution >= 4 is 5.97 Å². The van der Waals surface area contributed by atoms with Gasteiger partial charge in [0, 0.05) is 19.6 Å². The SMILES string of the molecule is CCOCCOCC(C)OCCOCCCC(=O)OC. The van der Waals surface area contributed by atoms with Crippen LogP contribution < -0.4 is 0 Å². The van der Waals surface area contributed by atoms with Crippen LogP contribution in [0.15, 0.2) is 0 Å². The number of carbonyl (C=O) groups excluding carboxylic acids is 1. The molecule has 120 valence electrons. The zero-order chi connectivity index (χ0) is 15.1. The van der Waals surface area contributed by atoms with E-state index in [1.165, 1.54) is 7.11 Å². The molecule has 0 aliphatic rings. The van der Waals surface area contributed by atoms with Crippen molar-refractivity contribution in [3.63, 3.8) is 0 Å². The highest BCUT2D eigenvalue weighted by Crippen LogP contribution is 1.95. The number of ether oxygens (including phenoxy) is 5. The zero-order valence-electron chi connectivity index (χ0n) is 12.9. The van der Waals surface area contributed by atoms with E-state index in [1.807, 2.05) is 13.8 Å². The van der Waals surface area contributed by atoms with Gasteiger partial charge in [0.05, 0.1) is 46.2 Å². The molecule has 0 aliphatic carbocycles. The number of hydrogen-bond donors (Lipinski definition) is 0. The van der Waals surface area contributed by atoms with E-state index in [4.69, 9.17) is 18.9 Å². The molecule has 0 N–H and O–H groups in total. The highest BCUT2D eigenvalue weighted by atomic mass is 16.6. The fourth-order valence-electron chi connectivity index (χ4n) is 1.39. The van der Waals surface area contributed by atoms with Gasteiger partial charge in [-0.1, -0.05) is 0 Å². The van der Waals surface area contributed by atoms with Crippen LogP contribution in [-0.4, -0.2) is 65.4 Å². The minimum Gasteiger partial charge on any atom is -0.469 e. The van der Waals surface area contributed by atoms with Crippen molar-refractivity contribution in [2.45, 2.75) is 32.8 Å². The number of hydrogen-bond acceptors (Lipinski definition) is 6. The van der Waals surface area contributed by atoms with Crippen LogP contribution in [0.1, 0.15) is 26.7 Å². The van der Waals surface area contributed by atoms with Crippen molar-refractivity contribution in [1.82, 2.24) is 0 Å². The lowest BCUT2D eigenvalue weighted by Gasteiger charge is -2.13. The molecule has 0 saturated heterocycles. The monoisotopic (exact) mass is 292 g/mol. The Kier molecular flexibility index (Phi) is 14.2. The Morgan fingerprint density at radius 1 is 1.00 bits per heavy atom. The number of carbonyl (C=O) groups is 1. The van der Waals surface area contributed by atoms with E-state index >= 15 is 0 Å². The predicted octanol–water partition coefficient (Wildman–Crippen LogP) is 1.41. The lowest BCUT2D eigenvalue weighted by molar-refractivity contribution is -0.141. The van der Waals surface area contributed by atoms with Gasteiger partial charge in [-0.15, -0.1) is 0 Å². The highest BCUT2D eigenvalue weighted by molar-refractivity contribution is 5.68. The maximum absolute atomic E-state index is 10.8. The molecule has 0 rings (SSSR count). The van der Waals surface area contributed by atoms with Crippen LogP contribution in [0.3, 0.4) is 0 Å². The summed E-state index contributed by atoms with van der Waals surface area (Å²) < 4.78 is 25.9. The standard InChI is InChI=1S/C14H28O6/c1-4-17-8-9-19-12-13(2)20-11-10-18-7-5-6-14(15)16-3/h13H,4-12H2,1-3H3. The van der Waals surface area contributed by atoms with Crippen molar-refractivity contribution in [2.75, 3.05) is 53.4 Å². The van der Waals surface area contributed by atoms with Crippen LogP contribution in [0.2, 0.25) is 0 Å². The third-order valence-corrected chi connectivity index (χ3v) is 2.46. The average molecular weight is 292 g/mol. The first-order valence-corrected chi connectivity index (χ1v) is 7.12. The van der Waals surface area contributed by atoms with Crippen LogP contribution in [0.25, 0.3) is 0 Å². The Morgan fingerprint density at radius 3 is 2.40 bits per heavy atom. The van der Waals surface area contributed by atoms with E-state index in [0.717, 1.165) is 0 Å². The largest absolute Gasteiger partial charge is 0.469 e. The third-order valence-electron chi connectivity index (χ3n) is 2.46. The van der Waals surface area contributed by atoms with Crippen molar-refractivity contribution in [3.05, 3.63) is 0 Å². The molecule has 0 saturated carbocycles.